The molecule has 0 fully saturated rings. The molecule has 4 aromatic rings. The lowest BCUT2D eigenvalue weighted by molar-refractivity contribution is 0.0996. The molecule has 32 heavy (non-hydrogen) atoms. The van der Waals surface area contributed by atoms with Crippen molar-refractivity contribution < 1.29 is 19.1 Å². The van der Waals surface area contributed by atoms with E-state index < -0.39 is 12.0 Å². The number of amides is 1. The number of aliphatic hydroxyl groups is 1. The summed E-state index contributed by atoms with van der Waals surface area (Å²) < 4.78 is 13.4. The maximum absolute atomic E-state index is 11.5. The van der Waals surface area contributed by atoms with Gasteiger partial charge >= 0.3 is 0 Å². The molecule has 2 heterocycles. The van der Waals surface area contributed by atoms with Crippen molar-refractivity contribution in [2.45, 2.75) is 38.8 Å². The number of nitrogens with zero attached hydrogens (tertiary/aromatic N) is 3. The average molecular weight is 434 g/mol. The number of hydrogen-bond acceptors (Lipinski definition) is 6. The number of carbonyl (C=O) groups excluding carboxylic acids is 1. The van der Waals surface area contributed by atoms with E-state index in [0.29, 0.717) is 30.9 Å². The lowest BCUT2D eigenvalue weighted by Gasteiger charge is -2.20. The Morgan fingerprint density at radius 2 is 2.00 bits per heavy atom. The molecule has 0 aliphatic carbocycles. The van der Waals surface area contributed by atoms with E-state index in [0.717, 1.165) is 22.4 Å². The molecule has 0 spiro atoms. The highest BCUT2D eigenvalue weighted by Crippen LogP contribution is 2.33. The predicted molar refractivity (Wildman–Crippen MR) is 120 cm³/mol. The van der Waals surface area contributed by atoms with E-state index in [2.05, 4.69) is 4.98 Å². The van der Waals surface area contributed by atoms with Gasteiger partial charge in [0.2, 0.25) is 5.89 Å². The number of benzene rings is 2. The summed E-state index contributed by atoms with van der Waals surface area (Å²) in [7, 11) is 0. The Bertz CT molecular complexity index is 1210. The van der Waals surface area contributed by atoms with Gasteiger partial charge in [-0.25, -0.2) is 9.97 Å². The minimum Gasteiger partial charge on any atom is -0.494 e. The zero-order valence-corrected chi connectivity index (χ0v) is 18.1. The molecule has 166 valence electrons. The van der Waals surface area contributed by atoms with Crippen molar-refractivity contribution in [3.05, 3.63) is 66.2 Å². The van der Waals surface area contributed by atoms with Gasteiger partial charge in [-0.05, 0) is 57.0 Å². The van der Waals surface area contributed by atoms with E-state index in [1.165, 1.54) is 0 Å². The van der Waals surface area contributed by atoms with E-state index in [9.17, 15) is 9.90 Å². The summed E-state index contributed by atoms with van der Waals surface area (Å²) in [5, 5.41) is 9.87. The van der Waals surface area contributed by atoms with Crippen molar-refractivity contribution >= 4 is 17.0 Å². The highest BCUT2D eigenvalue weighted by atomic mass is 16.5. The van der Waals surface area contributed by atoms with Crippen LogP contribution in [0.1, 0.15) is 48.8 Å². The predicted octanol–water partition coefficient (Wildman–Crippen LogP) is 3.94. The number of oxazole rings is 1. The number of fused-ring (bicyclic) bond motifs is 1. The molecule has 4 rings (SSSR count). The number of para-hydroxylation sites is 1. The number of aromatic nitrogens is 3. The second-order valence-electron chi connectivity index (χ2n) is 7.68. The first-order valence-electron chi connectivity index (χ1n) is 10.6. The molecular formula is C24H26N4O4. The first-order valence-corrected chi connectivity index (χ1v) is 10.6. The molecule has 0 bridgehead atoms. The Kier molecular flexibility index (Phi) is 6.23. The molecule has 1 amide bonds. The van der Waals surface area contributed by atoms with Crippen molar-refractivity contribution in [3.8, 4) is 17.2 Å². The van der Waals surface area contributed by atoms with Crippen LogP contribution in [-0.2, 0) is 0 Å². The van der Waals surface area contributed by atoms with Crippen molar-refractivity contribution in [3.63, 3.8) is 0 Å². The molecule has 2 aromatic carbocycles. The fourth-order valence-electron chi connectivity index (χ4n) is 3.72. The Morgan fingerprint density at radius 3 is 2.66 bits per heavy atom. The molecule has 0 aliphatic heterocycles. The lowest BCUT2D eigenvalue weighted by atomic mass is 9.99. The Morgan fingerprint density at radius 1 is 1.22 bits per heavy atom. The number of imidazole rings is 1. The number of aliphatic hydroxyl groups excluding tert-OH is 1. The first kappa shape index (κ1) is 21.6. The molecule has 0 aliphatic rings. The second kappa shape index (κ2) is 9.23. The minimum atomic E-state index is -0.588. The average Bonchev–Trinajstić information content (AvgIpc) is 3.42. The third-order valence-electron chi connectivity index (χ3n) is 5.29. The highest BCUT2D eigenvalue weighted by molar-refractivity contribution is 5.90. The van der Waals surface area contributed by atoms with Gasteiger partial charge in [-0.3, -0.25) is 4.79 Å². The molecule has 2 atom stereocenters. The number of hydrogen-bond donors (Lipinski definition) is 2. The smallest absolute Gasteiger partial charge is 0.268 e. The standard InChI is InChI=1S/C24H26N4O4/c1-3-31-17-10-8-16(9-11-17)24-27-22-18(5-4-6-21(22)32-24)20(12-7-15(2)29)28-13-19(23(25)30)26-14-28/h4-6,8-11,13-15,20,29H,3,7,12H2,1-2H3,(H2,25,30)/t15-,20?/m0/s1. The maximum Gasteiger partial charge on any atom is 0.268 e. The first-order chi connectivity index (χ1) is 15.5. The topological polar surface area (TPSA) is 116 Å². The van der Waals surface area contributed by atoms with Gasteiger partial charge in [-0.1, -0.05) is 12.1 Å². The molecule has 8 heteroatoms. The van der Waals surface area contributed by atoms with Crippen molar-refractivity contribution in [2.24, 2.45) is 5.73 Å². The van der Waals surface area contributed by atoms with Gasteiger partial charge in [0.15, 0.2) is 5.58 Å². The number of ether oxygens (including phenoxy) is 1. The highest BCUT2D eigenvalue weighted by Gasteiger charge is 2.22. The van der Waals surface area contributed by atoms with Crippen LogP contribution < -0.4 is 10.5 Å². The normalized spacial score (nSPS) is 13.2. The van der Waals surface area contributed by atoms with E-state index in [-0.39, 0.29) is 11.7 Å². The lowest BCUT2D eigenvalue weighted by Crippen LogP contribution is -2.14. The van der Waals surface area contributed by atoms with Gasteiger partial charge in [-0.2, -0.15) is 0 Å². The zero-order chi connectivity index (χ0) is 22.7. The van der Waals surface area contributed by atoms with Gasteiger partial charge < -0.3 is 24.6 Å². The van der Waals surface area contributed by atoms with Crippen molar-refractivity contribution in [1.29, 1.82) is 0 Å². The third-order valence-corrected chi connectivity index (χ3v) is 5.29. The zero-order valence-electron chi connectivity index (χ0n) is 18.1. The van der Waals surface area contributed by atoms with Crippen molar-refractivity contribution in [2.75, 3.05) is 6.61 Å². The SMILES string of the molecule is CCOc1ccc(-c2nc3c(C(CC[C@H](C)O)n4cnc(C(N)=O)c4)cccc3o2)cc1. The quantitative estimate of drug-likeness (QED) is 0.412. The van der Waals surface area contributed by atoms with Crippen LogP contribution in [-0.4, -0.2) is 38.3 Å². The van der Waals surface area contributed by atoms with Gasteiger partial charge in [0.05, 0.1) is 25.1 Å². The fraction of sp³-hybridized carbons (Fsp3) is 0.292. The molecule has 0 saturated carbocycles. The summed E-state index contributed by atoms with van der Waals surface area (Å²) >= 11 is 0. The molecule has 2 aromatic heterocycles. The van der Waals surface area contributed by atoms with Gasteiger partial charge in [0.25, 0.3) is 5.91 Å². The van der Waals surface area contributed by atoms with Gasteiger partial charge in [0.1, 0.15) is 17.0 Å². The van der Waals surface area contributed by atoms with Crippen LogP contribution in [0.25, 0.3) is 22.6 Å². The summed E-state index contributed by atoms with van der Waals surface area (Å²) in [6.07, 6.45) is 3.93. The summed E-state index contributed by atoms with van der Waals surface area (Å²) in [4.78, 5) is 20.4. The number of rotatable bonds is 9. The van der Waals surface area contributed by atoms with E-state index >= 15 is 0 Å². The summed E-state index contributed by atoms with van der Waals surface area (Å²) in [5.74, 6) is 0.709. The number of nitrogens with two attached hydrogens (primary N) is 1. The summed E-state index contributed by atoms with van der Waals surface area (Å²) in [5.41, 5.74) is 8.71. The van der Waals surface area contributed by atoms with Crippen LogP contribution in [0.15, 0.2) is 59.4 Å². The van der Waals surface area contributed by atoms with Crippen LogP contribution >= 0.6 is 0 Å². The van der Waals surface area contributed by atoms with Crippen LogP contribution in [0, 0.1) is 0 Å². The molecule has 1 unspecified atom stereocenters. The molecule has 0 radical (unpaired) electrons. The Hall–Kier alpha value is -3.65. The largest absolute Gasteiger partial charge is 0.494 e. The van der Waals surface area contributed by atoms with Gasteiger partial charge in [-0.15, -0.1) is 0 Å². The van der Waals surface area contributed by atoms with E-state index in [1.54, 1.807) is 19.4 Å². The fourth-order valence-corrected chi connectivity index (χ4v) is 3.72. The Balaban J connectivity index is 1.75. The second-order valence-corrected chi connectivity index (χ2v) is 7.68. The number of primary amides is 1. The minimum absolute atomic E-state index is 0.189. The maximum atomic E-state index is 11.5. The van der Waals surface area contributed by atoms with Crippen molar-refractivity contribution in [1.82, 2.24) is 14.5 Å². The van der Waals surface area contributed by atoms with E-state index in [4.69, 9.17) is 19.9 Å². The number of carbonyl (C=O) groups is 1. The summed E-state index contributed by atoms with van der Waals surface area (Å²) in [6, 6.07) is 13.2. The van der Waals surface area contributed by atoms with Crippen LogP contribution in [0.2, 0.25) is 0 Å². The van der Waals surface area contributed by atoms with Crippen LogP contribution in [0.5, 0.6) is 5.75 Å². The Labute approximate surface area is 185 Å². The van der Waals surface area contributed by atoms with Gasteiger partial charge in [0, 0.05) is 17.3 Å². The summed E-state index contributed by atoms with van der Waals surface area (Å²) in [6.45, 7) is 4.29. The molecular weight excluding hydrogens is 408 g/mol. The molecule has 3 N–H and O–H groups in total. The molecule has 0 saturated heterocycles. The molecule has 8 nitrogen and oxygen atoms in total. The van der Waals surface area contributed by atoms with Crippen LogP contribution in [0.4, 0.5) is 0 Å². The third kappa shape index (κ3) is 4.50. The van der Waals surface area contributed by atoms with Crippen LogP contribution in [0.3, 0.4) is 0 Å². The van der Waals surface area contributed by atoms with E-state index in [1.807, 2.05) is 54.0 Å². The monoisotopic (exact) mass is 434 g/mol.